The minimum atomic E-state index is -0.922. The predicted octanol–water partition coefficient (Wildman–Crippen LogP) is 6.31. The zero-order valence-electron chi connectivity index (χ0n) is 15.2. The minimum absolute atomic E-state index is 0.370. The van der Waals surface area contributed by atoms with Crippen LogP contribution in [-0.2, 0) is 46.4 Å². The fourth-order valence-corrected chi connectivity index (χ4v) is 5.87. The van der Waals surface area contributed by atoms with Crippen LogP contribution in [-0.4, -0.2) is 5.66 Å². The molecule has 28 heavy (non-hydrogen) atoms. The Bertz CT molecular complexity index is 741. The van der Waals surface area contributed by atoms with Crippen molar-refractivity contribution in [2.45, 2.75) is 12.1 Å². The molecule has 0 aliphatic rings. The van der Waals surface area contributed by atoms with Gasteiger partial charge < -0.3 is 6.92 Å². The third-order valence-corrected chi connectivity index (χ3v) is 7.21. The average Bonchev–Trinajstić information content (AvgIpc) is 2.79. The van der Waals surface area contributed by atoms with E-state index in [4.69, 9.17) is 0 Å². The number of rotatable bonds is 6. The molecule has 0 saturated carbocycles. The van der Waals surface area contributed by atoms with E-state index in [2.05, 4.69) is 117 Å². The van der Waals surface area contributed by atoms with Gasteiger partial charge >= 0.3 is 58.4 Å². The molecule has 5 heteroatoms. The molecule has 0 aliphatic heterocycles. The molecule has 3 aromatic carbocycles. The first kappa shape index (κ1) is 25.9. The fourth-order valence-electron chi connectivity index (χ4n) is 3.05. The SMILES string of the molecule is C=Cc1ccc(CC([CH2-])[PH+](c2ccccc2)c2ccccc2)cc1.[Cl][Au].[Cl][Au]. The molecule has 0 N–H and O–H groups in total. The van der Waals surface area contributed by atoms with E-state index in [1.807, 2.05) is 6.08 Å². The van der Waals surface area contributed by atoms with E-state index in [-0.39, 0.29) is 0 Å². The Morgan fingerprint density at radius 1 is 0.786 bits per heavy atom. The number of hydrogen-bond acceptors (Lipinski definition) is 0. The Balaban J connectivity index is 0.000000921. The van der Waals surface area contributed by atoms with E-state index in [1.165, 1.54) is 16.2 Å². The second kappa shape index (κ2) is 15.7. The first-order valence-electron chi connectivity index (χ1n) is 8.53. The Morgan fingerprint density at radius 3 is 1.61 bits per heavy atom. The first-order chi connectivity index (χ1) is 13.8. The van der Waals surface area contributed by atoms with E-state index in [0.29, 0.717) is 5.66 Å². The summed E-state index contributed by atoms with van der Waals surface area (Å²) in [4.78, 5) is 0. The fraction of sp³-hybridized carbons (Fsp3) is 0.0870. The second-order valence-electron chi connectivity index (χ2n) is 5.99. The molecule has 0 bridgehead atoms. The second-order valence-corrected chi connectivity index (χ2v) is 8.79. The molecule has 0 heterocycles. The number of halogens is 2. The van der Waals surface area contributed by atoms with Crippen LogP contribution in [0.25, 0.3) is 6.08 Å². The van der Waals surface area contributed by atoms with Crippen LogP contribution in [0.5, 0.6) is 0 Å². The Morgan fingerprint density at radius 2 is 1.21 bits per heavy atom. The van der Waals surface area contributed by atoms with Crippen molar-refractivity contribution in [1.29, 1.82) is 0 Å². The van der Waals surface area contributed by atoms with Crippen molar-refractivity contribution in [3.8, 4) is 0 Å². The van der Waals surface area contributed by atoms with Crippen molar-refractivity contribution >= 4 is 43.0 Å². The van der Waals surface area contributed by atoms with Gasteiger partial charge in [0.2, 0.25) is 0 Å². The Kier molecular flexibility index (Phi) is 14.5. The van der Waals surface area contributed by atoms with Gasteiger partial charge in [-0.15, -0.1) is 0 Å². The standard InChI is InChI=1S/C23H22P.2Au.2ClH/c1-3-20-14-16-21(17-15-20)18-19(2)24(22-10-6-4-7-11-22)23-12-8-5-9-13-23;;;;/h3-17,19H,1-2,18H2;;;2*1H/q-1;2*+1;;/p-1. The molecule has 1 atom stereocenters. The van der Waals surface area contributed by atoms with Crippen LogP contribution in [0.15, 0.2) is 91.5 Å². The van der Waals surface area contributed by atoms with E-state index in [0.717, 1.165) is 12.0 Å². The molecular formula is C23H23Au2Cl2P. The van der Waals surface area contributed by atoms with Crippen LogP contribution >= 0.6 is 26.3 Å². The van der Waals surface area contributed by atoms with Gasteiger partial charge in [-0.3, -0.25) is 0 Å². The average molecular weight is 795 g/mol. The summed E-state index contributed by atoms with van der Waals surface area (Å²) in [7, 11) is 8.24. The van der Waals surface area contributed by atoms with Gasteiger partial charge in [-0.1, -0.05) is 73.3 Å². The summed E-state index contributed by atoms with van der Waals surface area (Å²) >= 11 is 3.50. The van der Waals surface area contributed by atoms with Gasteiger partial charge in [0.05, 0.1) is 10.6 Å². The van der Waals surface area contributed by atoms with Crippen LogP contribution in [0.3, 0.4) is 0 Å². The first-order valence-corrected chi connectivity index (χ1v) is 15.5. The maximum atomic E-state index is 4.58. The van der Waals surface area contributed by atoms with Crippen molar-refractivity contribution in [3.63, 3.8) is 0 Å². The summed E-state index contributed by atoms with van der Waals surface area (Å²) in [5.74, 6) is 0. The molecule has 0 fully saturated rings. The summed E-state index contributed by atoms with van der Waals surface area (Å²) in [6.45, 7) is 8.38. The van der Waals surface area contributed by atoms with Crippen LogP contribution in [0.2, 0.25) is 0 Å². The van der Waals surface area contributed by atoms with Crippen LogP contribution in [0.4, 0.5) is 0 Å². The van der Waals surface area contributed by atoms with Crippen molar-refractivity contribution in [1.82, 2.24) is 0 Å². The molecule has 1 unspecified atom stereocenters. The van der Waals surface area contributed by atoms with Crippen molar-refractivity contribution in [2.24, 2.45) is 0 Å². The predicted molar refractivity (Wildman–Crippen MR) is 122 cm³/mol. The van der Waals surface area contributed by atoms with Gasteiger partial charge in [-0.25, -0.2) is 0 Å². The van der Waals surface area contributed by atoms with Gasteiger partial charge in [0.1, 0.15) is 0 Å². The molecule has 0 saturated heterocycles. The van der Waals surface area contributed by atoms with E-state index < -0.39 is 7.92 Å². The molecule has 0 nitrogen and oxygen atoms in total. The quantitative estimate of drug-likeness (QED) is 0.156. The third-order valence-electron chi connectivity index (χ3n) is 4.28. The van der Waals surface area contributed by atoms with Crippen molar-refractivity contribution in [2.75, 3.05) is 0 Å². The zero-order chi connectivity index (χ0) is 20.8. The molecule has 0 aliphatic carbocycles. The van der Waals surface area contributed by atoms with Crippen LogP contribution < -0.4 is 10.6 Å². The Hall–Kier alpha value is -0.109. The van der Waals surface area contributed by atoms with Crippen LogP contribution in [0, 0.1) is 6.92 Å². The monoisotopic (exact) mass is 794 g/mol. The number of hydrogen-bond donors (Lipinski definition) is 0. The molecule has 3 aromatic rings. The molecule has 0 radical (unpaired) electrons. The van der Waals surface area contributed by atoms with Gasteiger partial charge in [0.25, 0.3) is 0 Å². The Labute approximate surface area is 203 Å². The maximum absolute atomic E-state index is 4.58. The summed E-state index contributed by atoms with van der Waals surface area (Å²) in [6.07, 6.45) is 2.88. The van der Waals surface area contributed by atoms with Crippen molar-refractivity contribution in [3.05, 3.63) is 110 Å². The van der Waals surface area contributed by atoms with Crippen molar-refractivity contribution < 1.29 is 40.0 Å². The molecule has 0 aromatic heterocycles. The molecule has 0 spiro atoms. The molecule has 0 amide bonds. The normalized spacial score (nSPS) is 10.9. The van der Waals surface area contributed by atoms with E-state index in [9.17, 15) is 0 Å². The van der Waals surface area contributed by atoms with Gasteiger partial charge in [0, 0.05) is 7.92 Å². The molecular weight excluding hydrogens is 772 g/mol. The topological polar surface area (TPSA) is 0 Å². The van der Waals surface area contributed by atoms with Crippen LogP contribution in [0.1, 0.15) is 11.1 Å². The molecule has 156 valence electrons. The third kappa shape index (κ3) is 8.33. The summed E-state index contributed by atoms with van der Waals surface area (Å²) in [6, 6.07) is 30.4. The zero-order valence-corrected chi connectivity index (χ0v) is 22.1. The summed E-state index contributed by atoms with van der Waals surface area (Å²) < 4.78 is 0. The van der Waals surface area contributed by atoms with Gasteiger partial charge in [-0.05, 0) is 47.5 Å². The van der Waals surface area contributed by atoms with E-state index >= 15 is 0 Å². The van der Waals surface area contributed by atoms with Gasteiger partial charge in [0.15, 0.2) is 0 Å². The van der Waals surface area contributed by atoms with Gasteiger partial charge in [-0.2, -0.15) is 0 Å². The number of benzene rings is 3. The molecule has 3 rings (SSSR count). The van der Waals surface area contributed by atoms with E-state index in [1.54, 1.807) is 40.0 Å². The summed E-state index contributed by atoms with van der Waals surface area (Å²) in [5, 5.41) is 2.85. The summed E-state index contributed by atoms with van der Waals surface area (Å²) in [5.41, 5.74) is 2.88.